The molecule has 1 heterocycles. The number of methoxy groups -OCH3 is 2. The Balaban J connectivity index is 2.32. The van der Waals surface area contributed by atoms with Gasteiger partial charge >= 0.3 is 6.03 Å². The molecule has 19 heavy (non-hydrogen) atoms. The average molecular weight is 264 g/mol. The molecule has 0 aliphatic carbocycles. The first-order valence-electron chi connectivity index (χ1n) is 5.88. The molecule has 1 aromatic rings. The molecular formula is C13H16N2O4. The molecule has 1 aromatic carbocycles. The predicted octanol–water partition coefficient (Wildman–Crippen LogP) is 1.49. The molecule has 0 spiro atoms. The maximum Gasteiger partial charge on any atom is 0.330 e. The van der Waals surface area contributed by atoms with Crippen LogP contribution in [0.1, 0.15) is 6.42 Å². The normalized spacial score (nSPS) is 15.7. The van der Waals surface area contributed by atoms with Crippen LogP contribution < -0.4 is 14.4 Å². The molecule has 0 aromatic heterocycles. The number of hydrogen-bond acceptors (Lipinski definition) is 4. The number of carbonyl (C=O) groups is 2. The van der Waals surface area contributed by atoms with Crippen LogP contribution in [0, 0.1) is 0 Å². The molecule has 3 amide bonds. The molecular weight excluding hydrogens is 248 g/mol. The summed E-state index contributed by atoms with van der Waals surface area (Å²) in [4.78, 5) is 26.2. The van der Waals surface area contributed by atoms with Gasteiger partial charge in [-0.2, -0.15) is 0 Å². The molecule has 1 aliphatic rings. The number of amides is 3. The van der Waals surface area contributed by atoms with Gasteiger partial charge in [0.25, 0.3) is 0 Å². The minimum Gasteiger partial charge on any atom is -0.493 e. The van der Waals surface area contributed by atoms with Gasteiger partial charge in [-0.1, -0.05) is 0 Å². The summed E-state index contributed by atoms with van der Waals surface area (Å²) in [7, 11) is 4.57. The molecule has 6 nitrogen and oxygen atoms in total. The van der Waals surface area contributed by atoms with E-state index in [2.05, 4.69) is 0 Å². The predicted molar refractivity (Wildman–Crippen MR) is 69.7 cm³/mol. The third-order valence-electron chi connectivity index (χ3n) is 3.12. The Morgan fingerprint density at radius 1 is 1.11 bits per heavy atom. The van der Waals surface area contributed by atoms with Crippen LogP contribution in [0.25, 0.3) is 0 Å². The van der Waals surface area contributed by atoms with Crippen LogP contribution in [-0.2, 0) is 4.79 Å². The van der Waals surface area contributed by atoms with E-state index in [9.17, 15) is 9.59 Å². The second kappa shape index (κ2) is 5.17. The van der Waals surface area contributed by atoms with Gasteiger partial charge in [-0.25, -0.2) is 4.79 Å². The Morgan fingerprint density at radius 3 is 2.42 bits per heavy atom. The Bertz CT molecular complexity index is 515. The van der Waals surface area contributed by atoms with E-state index in [1.165, 1.54) is 14.2 Å². The Morgan fingerprint density at radius 2 is 1.79 bits per heavy atom. The maximum atomic E-state index is 12.0. The van der Waals surface area contributed by atoms with Crippen LogP contribution in [-0.4, -0.2) is 44.7 Å². The van der Waals surface area contributed by atoms with Gasteiger partial charge in [-0.15, -0.1) is 0 Å². The second-order valence-electron chi connectivity index (χ2n) is 4.18. The van der Waals surface area contributed by atoms with Crippen LogP contribution >= 0.6 is 0 Å². The largest absolute Gasteiger partial charge is 0.493 e. The lowest BCUT2D eigenvalue weighted by Crippen LogP contribution is -2.50. The molecule has 0 atom stereocenters. The van der Waals surface area contributed by atoms with Gasteiger partial charge in [0.05, 0.1) is 14.2 Å². The second-order valence-corrected chi connectivity index (χ2v) is 4.18. The lowest BCUT2D eigenvalue weighted by molar-refractivity contribution is -0.127. The van der Waals surface area contributed by atoms with Crippen molar-refractivity contribution in [1.82, 2.24) is 4.90 Å². The molecule has 0 radical (unpaired) electrons. The highest BCUT2D eigenvalue weighted by atomic mass is 16.5. The standard InChI is InChI=1S/C13H16N2O4/c1-14-12(16)6-7-15(13(14)17)9-4-5-10(18-2)11(8-9)19-3/h4-5,8H,6-7H2,1-3H3. The van der Waals surface area contributed by atoms with E-state index in [0.717, 1.165) is 4.90 Å². The van der Waals surface area contributed by atoms with E-state index < -0.39 is 0 Å². The quantitative estimate of drug-likeness (QED) is 0.830. The van der Waals surface area contributed by atoms with Crippen LogP contribution in [0.4, 0.5) is 10.5 Å². The van der Waals surface area contributed by atoms with Gasteiger partial charge in [0, 0.05) is 31.8 Å². The summed E-state index contributed by atoms with van der Waals surface area (Å²) in [6.07, 6.45) is 0.316. The molecule has 0 bridgehead atoms. The van der Waals surface area contributed by atoms with Crippen molar-refractivity contribution in [3.63, 3.8) is 0 Å². The number of urea groups is 1. The first-order valence-corrected chi connectivity index (χ1v) is 5.88. The van der Waals surface area contributed by atoms with Crippen LogP contribution in [0.5, 0.6) is 11.5 Å². The van der Waals surface area contributed by atoms with Gasteiger partial charge < -0.3 is 9.47 Å². The molecule has 1 fully saturated rings. The fourth-order valence-corrected chi connectivity index (χ4v) is 1.99. The van der Waals surface area contributed by atoms with E-state index in [1.807, 2.05) is 0 Å². The number of anilines is 1. The Hall–Kier alpha value is -2.24. The SMILES string of the molecule is COc1ccc(N2CCC(=O)N(C)C2=O)cc1OC. The zero-order valence-electron chi connectivity index (χ0n) is 11.2. The molecule has 0 unspecified atom stereocenters. The van der Waals surface area contributed by atoms with Crippen molar-refractivity contribution in [1.29, 1.82) is 0 Å². The van der Waals surface area contributed by atoms with E-state index in [1.54, 1.807) is 30.2 Å². The summed E-state index contributed by atoms with van der Waals surface area (Å²) in [6, 6.07) is 4.89. The van der Waals surface area contributed by atoms with Gasteiger partial charge in [-0.05, 0) is 12.1 Å². The van der Waals surface area contributed by atoms with Crippen LogP contribution in [0.3, 0.4) is 0 Å². The van der Waals surface area contributed by atoms with E-state index in [0.29, 0.717) is 30.2 Å². The minimum absolute atomic E-state index is 0.165. The minimum atomic E-state index is -0.330. The van der Waals surface area contributed by atoms with Crippen molar-refractivity contribution in [2.75, 3.05) is 32.7 Å². The molecule has 0 N–H and O–H groups in total. The summed E-state index contributed by atoms with van der Waals surface area (Å²) in [6.45, 7) is 0.373. The van der Waals surface area contributed by atoms with Crippen molar-refractivity contribution in [3.05, 3.63) is 18.2 Å². The van der Waals surface area contributed by atoms with Gasteiger partial charge in [0.1, 0.15) is 0 Å². The first-order chi connectivity index (χ1) is 9.08. The zero-order valence-corrected chi connectivity index (χ0v) is 11.2. The highest BCUT2D eigenvalue weighted by molar-refractivity contribution is 6.05. The third-order valence-corrected chi connectivity index (χ3v) is 3.12. The Labute approximate surface area is 111 Å². The summed E-state index contributed by atoms with van der Waals surface area (Å²) in [5, 5.41) is 0. The monoisotopic (exact) mass is 264 g/mol. The summed E-state index contributed by atoms with van der Waals surface area (Å²) in [5.74, 6) is 0.981. The van der Waals surface area contributed by atoms with Crippen molar-refractivity contribution in [3.8, 4) is 11.5 Å². The van der Waals surface area contributed by atoms with Gasteiger partial charge in [-0.3, -0.25) is 14.6 Å². The lowest BCUT2D eigenvalue weighted by atomic mass is 10.2. The molecule has 1 saturated heterocycles. The number of benzene rings is 1. The molecule has 1 aliphatic heterocycles. The topological polar surface area (TPSA) is 59.1 Å². The highest BCUT2D eigenvalue weighted by Gasteiger charge is 2.30. The zero-order chi connectivity index (χ0) is 14.0. The average Bonchev–Trinajstić information content (AvgIpc) is 2.44. The lowest BCUT2D eigenvalue weighted by Gasteiger charge is -2.32. The van der Waals surface area contributed by atoms with E-state index in [-0.39, 0.29) is 11.9 Å². The number of ether oxygens (including phenoxy) is 2. The smallest absolute Gasteiger partial charge is 0.330 e. The Kier molecular flexibility index (Phi) is 3.59. The number of imide groups is 1. The van der Waals surface area contributed by atoms with Crippen molar-refractivity contribution >= 4 is 17.6 Å². The first kappa shape index (κ1) is 13.2. The van der Waals surface area contributed by atoms with E-state index in [4.69, 9.17) is 9.47 Å². The van der Waals surface area contributed by atoms with Gasteiger partial charge in [0.15, 0.2) is 11.5 Å². The fourth-order valence-electron chi connectivity index (χ4n) is 1.99. The molecule has 6 heteroatoms. The van der Waals surface area contributed by atoms with Crippen LogP contribution in [0.15, 0.2) is 18.2 Å². The fraction of sp³-hybridized carbons (Fsp3) is 0.385. The third kappa shape index (κ3) is 2.33. The van der Waals surface area contributed by atoms with Crippen LogP contribution in [0.2, 0.25) is 0 Å². The molecule has 2 rings (SSSR count). The van der Waals surface area contributed by atoms with Crippen molar-refractivity contribution in [2.45, 2.75) is 6.42 Å². The number of rotatable bonds is 3. The molecule has 0 saturated carbocycles. The van der Waals surface area contributed by atoms with Crippen molar-refractivity contribution in [2.24, 2.45) is 0 Å². The summed E-state index contributed by atoms with van der Waals surface area (Å²) in [5.41, 5.74) is 0.682. The number of hydrogen-bond donors (Lipinski definition) is 0. The van der Waals surface area contributed by atoms with E-state index >= 15 is 0 Å². The highest BCUT2D eigenvalue weighted by Crippen LogP contribution is 2.32. The molecule has 102 valence electrons. The maximum absolute atomic E-state index is 12.0. The summed E-state index contributed by atoms with van der Waals surface area (Å²) >= 11 is 0. The van der Waals surface area contributed by atoms with Crippen molar-refractivity contribution < 1.29 is 19.1 Å². The number of nitrogens with zero attached hydrogens (tertiary/aromatic N) is 2. The van der Waals surface area contributed by atoms with Gasteiger partial charge in [0.2, 0.25) is 5.91 Å². The number of carbonyl (C=O) groups excluding carboxylic acids is 2. The summed E-state index contributed by atoms with van der Waals surface area (Å²) < 4.78 is 10.4.